The molecule has 4 rings (SSSR count). The molecule has 0 saturated carbocycles. The van der Waals surface area contributed by atoms with Gasteiger partial charge in [0.05, 0.1) is 6.20 Å². The number of amides is 1. The molecule has 1 atom stereocenters. The van der Waals surface area contributed by atoms with Gasteiger partial charge in [-0.15, -0.1) is 5.10 Å². The number of rotatable bonds is 4. The number of hydrogen-bond donors (Lipinski definition) is 2. The van der Waals surface area contributed by atoms with E-state index in [1.807, 2.05) is 4.90 Å². The van der Waals surface area contributed by atoms with Gasteiger partial charge in [-0.1, -0.05) is 5.21 Å². The lowest BCUT2D eigenvalue weighted by Gasteiger charge is -2.32. The van der Waals surface area contributed by atoms with Crippen molar-refractivity contribution in [2.24, 2.45) is 5.92 Å². The molecule has 4 heterocycles. The Morgan fingerprint density at radius 2 is 2.28 bits per heavy atom. The molecule has 0 bridgehead atoms. The molecule has 1 aliphatic rings. The van der Waals surface area contributed by atoms with Crippen molar-refractivity contribution in [2.45, 2.75) is 19.4 Å². The van der Waals surface area contributed by atoms with Crippen LogP contribution < -0.4 is 0 Å². The summed E-state index contributed by atoms with van der Waals surface area (Å²) in [5.74, 6) is -0.939. The molecular formula is C15H17N7O3. The predicted molar refractivity (Wildman–Crippen MR) is 85.2 cm³/mol. The molecule has 3 aromatic heterocycles. The highest BCUT2D eigenvalue weighted by molar-refractivity contribution is 5.99. The number of carbonyl (C=O) groups is 2. The van der Waals surface area contributed by atoms with Crippen LogP contribution in [-0.4, -0.2) is 64.6 Å². The highest BCUT2D eigenvalue weighted by atomic mass is 16.4. The maximum Gasteiger partial charge on any atom is 0.358 e. The van der Waals surface area contributed by atoms with E-state index in [1.54, 1.807) is 23.1 Å². The first-order valence-electron chi connectivity index (χ1n) is 8.05. The first kappa shape index (κ1) is 15.4. The topological polar surface area (TPSA) is 121 Å². The van der Waals surface area contributed by atoms with Gasteiger partial charge in [0.1, 0.15) is 5.56 Å². The fraction of sp³-hybridized carbons (Fsp3) is 0.400. The number of carbonyl (C=O) groups excluding carboxylic acids is 1. The van der Waals surface area contributed by atoms with Crippen LogP contribution in [0.1, 0.15) is 33.7 Å². The summed E-state index contributed by atoms with van der Waals surface area (Å²) in [5.41, 5.74) is 1.10. The number of hydrogen-bond acceptors (Lipinski definition) is 5. The number of carboxylic acid groups (broad SMARTS) is 1. The summed E-state index contributed by atoms with van der Waals surface area (Å²) in [5, 5.41) is 19.4. The van der Waals surface area contributed by atoms with E-state index in [-0.39, 0.29) is 17.5 Å². The zero-order valence-corrected chi connectivity index (χ0v) is 13.4. The average Bonchev–Trinajstić information content (AvgIpc) is 3.31. The standard InChI is InChI=1S/C15H17N7O3/c23-14(11-6-17-22-5-3-16-13(11)22)20-4-1-2-10(7-20)8-21-9-12(15(24)25)18-19-21/h3,5-6,9-10,17H,1-2,4,7-8H2,(H,24,25). The van der Waals surface area contributed by atoms with Crippen LogP contribution in [0.15, 0.2) is 24.8 Å². The van der Waals surface area contributed by atoms with Crippen molar-refractivity contribution in [3.63, 3.8) is 0 Å². The van der Waals surface area contributed by atoms with Crippen LogP contribution >= 0.6 is 0 Å². The molecule has 3 aromatic rings. The van der Waals surface area contributed by atoms with Crippen LogP contribution in [0.25, 0.3) is 5.65 Å². The molecular weight excluding hydrogens is 326 g/mol. The molecule has 1 saturated heterocycles. The molecule has 1 unspecified atom stereocenters. The zero-order valence-electron chi connectivity index (χ0n) is 13.4. The smallest absolute Gasteiger partial charge is 0.358 e. The van der Waals surface area contributed by atoms with Crippen LogP contribution in [0.4, 0.5) is 0 Å². The van der Waals surface area contributed by atoms with Gasteiger partial charge in [0, 0.05) is 38.2 Å². The number of piperidine rings is 1. The summed E-state index contributed by atoms with van der Waals surface area (Å²) < 4.78 is 3.24. The number of aromatic carboxylic acids is 1. The van der Waals surface area contributed by atoms with E-state index >= 15 is 0 Å². The van der Waals surface area contributed by atoms with Crippen LogP contribution in [0.5, 0.6) is 0 Å². The predicted octanol–water partition coefficient (Wildman–Crippen LogP) is 0.504. The molecule has 10 heteroatoms. The number of nitrogens with one attached hydrogen (secondary N) is 1. The number of imidazole rings is 1. The number of aromatic nitrogens is 6. The van der Waals surface area contributed by atoms with Crippen LogP contribution in [0.2, 0.25) is 0 Å². The third-order valence-electron chi connectivity index (χ3n) is 4.47. The average molecular weight is 343 g/mol. The Kier molecular flexibility index (Phi) is 3.71. The second-order valence-electron chi connectivity index (χ2n) is 6.20. The molecule has 25 heavy (non-hydrogen) atoms. The van der Waals surface area contributed by atoms with E-state index in [4.69, 9.17) is 5.11 Å². The third-order valence-corrected chi connectivity index (χ3v) is 4.47. The molecule has 10 nitrogen and oxygen atoms in total. The molecule has 2 N–H and O–H groups in total. The summed E-state index contributed by atoms with van der Waals surface area (Å²) in [7, 11) is 0. The van der Waals surface area contributed by atoms with Gasteiger partial charge in [0.25, 0.3) is 5.91 Å². The van der Waals surface area contributed by atoms with Crippen LogP contribution in [-0.2, 0) is 6.54 Å². The van der Waals surface area contributed by atoms with E-state index < -0.39 is 5.97 Å². The van der Waals surface area contributed by atoms with Gasteiger partial charge in [0.15, 0.2) is 11.3 Å². The van der Waals surface area contributed by atoms with E-state index in [2.05, 4.69) is 20.4 Å². The first-order valence-corrected chi connectivity index (χ1v) is 8.05. The van der Waals surface area contributed by atoms with Crippen molar-refractivity contribution in [2.75, 3.05) is 13.1 Å². The van der Waals surface area contributed by atoms with Crippen LogP contribution in [0, 0.1) is 5.92 Å². The van der Waals surface area contributed by atoms with E-state index in [0.717, 1.165) is 12.8 Å². The molecule has 130 valence electrons. The van der Waals surface area contributed by atoms with Crippen molar-refractivity contribution in [3.8, 4) is 0 Å². The molecule has 0 aliphatic carbocycles. The highest BCUT2D eigenvalue weighted by Crippen LogP contribution is 2.21. The Bertz CT molecular complexity index is 925. The lowest BCUT2D eigenvalue weighted by atomic mass is 9.97. The fourth-order valence-electron chi connectivity index (χ4n) is 3.28. The first-order chi connectivity index (χ1) is 12.1. The quantitative estimate of drug-likeness (QED) is 0.711. The second-order valence-corrected chi connectivity index (χ2v) is 6.20. The summed E-state index contributed by atoms with van der Waals surface area (Å²) >= 11 is 0. The Morgan fingerprint density at radius 1 is 1.40 bits per heavy atom. The molecule has 1 fully saturated rings. The normalized spacial score (nSPS) is 17.9. The summed E-state index contributed by atoms with van der Waals surface area (Å²) in [6.45, 7) is 1.83. The number of H-pyrrole nitrogens is 1. The van der Waals surface area contributed by atoms with Crippen molar-refractivity contribution in [1.29, 1.82) is 0 Å². The zero-order chi connectivity index (χ0) is 17.4. The summed E-state index contributed by atoms with van der Waals surface area (Å²) in [6, 6.07) is 0. The van der Waals surface area contributed by atoms with Crippen molar-refractivity contribution < 1.29 is 14.7 Å². The van der Waals surface area contributed by atoms with Gasteiger partial charge in [0.2, 0.25) is 0 Å². The Labute approximate surface area is 142 Å². The third kappa shape index (κ3) is 2.86. The Balaban J connectivity index is 1.46. The van der Waals surface area contributed by atoms with Gasteiger partial charge in [-0.25, -0.2) is 14.3 Å². The SMILES string of the molecule is O=C(O)c1cn(CC2CCCN(C(=O)c3c[nH]n4ccnc34)C2)nn1. The van der Waals surface area contributed by atoms with Gasteiger partial charge < -0.3 is 10.0 Å². The molecule has 0 radical (unpaired) electrons. The maximum atomic E-state index is 12.8. The number of nitrogens with zero attached hydrogens (tertiary/aromatic N) is 6. The largest absolute Gasteiger partial charge is 0.476 e. The molecule has 1 amide bonds. The fourth-order valence-corrected chi connectivity index (χ4v) is 3.28. The van der Waals surface area contributed by atoms with Crippen molar-refractivity contribution in [1.82, 2.24) is 34.5 Å². The lowest BCUT2D eigenvalue weighted by molar-refractivity contribution is 0.0660. The summed E-state index contributed by atoms with van der Waals surface area (Å²) in [6.07, 6.45) is 8.35. The number of likely N-dealkylation sites (tertiary alicyclic amines) is 1. The lowest BCUT2D eigenvalue weighted by Crippen LogP contribution is -2.41. The van der Waals surface area contributed by atoms with Gasteiger partial charge >= 0.3 is 5.97 Å². The number of carboxylic acids is 1. The molecule has 0 spiro atoms. The Hall–Kier alpha value is -3.17. The minimum atomic E-state index is -1.09. The van der Waals surface area contributed by atoms with Gasteiger partial charge in [-0.05, 0) is 18.8 Å². The monoisotopic (exact) mass is 343 g/mol. The van der Waals surface area contributed by atoms with E-state index in [1.165, 1.54) is 10.9 Å². The number of aromatic amines is 1. The highest BCUT2D eigenvalue weighted by Gasteiger charge is 2.27. The minimum Gasteiger partial charge on any atom is -0.476 e. The van der Waals surface area contributed by atoms with Crippen LogP contribution in [0.3, 0.4) is 0 Å². The second kappa shape index (κ2) is 6.04. The Morgan fingerprint density at radius 3 is 3.08 bits per heavy atom. The molecule has 0 aromatic carbocycles. The summed E-state index contributed by atoms with van der Waals surface area (Å²) in [4.78, 5) is 29.7. The van der Waals surface area contributed by atoms with Crippen molar-refractivity contribution >= 4 is 17.5 Å². The molecule has 1 aliphatic heterocycles. The van der Waals surface area contributed by atoms with Gasteiger partial charge in [-0.3, -0.25) is 14.6 Å². The van der Waals surface area contributed by atoms with E-state index in [9.17, 15) is 9.59 Å². The van der Waals surface area contributed by atoms with Gasteiger partial charge in [-0.2, -0.15) is 0 Å². The maximum absolute atomic E-state index is 12.8. The van der Waals surface area contributed by atoms with E-state index in [0.29, 0.717) is 30.8 Å². The number of fused-ring (bicyclic) bond motifs is 1. The minimum absolute atomic E-state index is 0.0491. The van der Waals surface area contributed by atoms with Crippen molar-refractivity contribution in [3.05, 3.63) is 36.0 Å².